The molecule has 1 unspecified atom stereocenters. The van der Waals surface area contributed by atoms with Crippen molar-refractivity contribution in [3.8, 4) is 0 Å². The van der Waals surface area contributed by atoms with Gasteiger partial charge in [0.15, 0.2) is 0 Å². The summed E-state index contributed by atoms with van der Waals surface area (Å²) in [6, 6.07) is 6.22. The smallest absolute Gasteiger partial charge is 0.254 e. The number of Topliss-reactive ketones (excluding diaryl/α,β-unsaturated/α-hetero) is 1. The Kier molecular flexibility index (Phi) is 3.60. The van der Waals surface area contributed by atoms with Crippen molar-refractivity contribution in [1.82, 2.24) is 4.90 Å². The summed E-state index contributed by atoms with van der Waals surface area (Å²) < 4.78 is 0. The van der Waals surface area contributed by atoms with E-state index in [1.54, 1.807) is 6.92 Å². The van der Waals surface area contributed by atoms with Crippen molar-refractivity contribution in [1.29, 1.82) is 0 Å². The van der Waals surface area contributed by atoms with E-state index in [0.717, 1.165) is 37.8 Å². The van der Waals surface area contributed by atoms with Crippen LogP contribution < -0.4 is 0 Å². The summed E-state index contributed by atoms with van der Waals surface area (Å²) in [7, 11) is 0. The van der Waals surface area contributed by atoms with Crippen molar-refractivity contribution in [2.75, 3.05) is 6.54 Å². The van der Waals surface area contributed by atoms with Gasteiger partial charge in [-0.1, -0.05) is 6.07 Å². The molecule has 106 valence electrons. The second-order valence-electron chi connectivity index (χ2n) is 6.04. The molecule has 1 aromatic rings. The zero-order valence-corrected chi connectivity index (χ0v) is 12.0. The van der Waals surface area contributed by atoms with Crippen LogP contribution in [0.3, 0.4) is 0 Å². The van der Waals surface area contributed by atoms with E-state index in [-0.39, 0.29) is 17.7 Å². The van der Waals surface area contributed by atoms with E-state index in [9.17, 15) is 9.59 Å². The molecule has 1 aliphatic carbocycles. The van der Waals surface area contributed by atoms with Crippen LogP contribution in [0.25, 0.3) is 0 Å². The van der Waals surface area contributed by atoms with E-state index in [1.165, 1.54) is 17.5 Å². The van der Waals surface area contributed by atoms with Crippen molar-refractivity contribution in [3.05, 3.63) is 34.9 Å². The molecule has 0 N–H and O–H groups in total. The number of ketones is 1. The Hall–Kier alpha value is -1.64. The quantitative estimate of drug-likeness (QED) is 0.847. The lowest BCUT2D eigenvalue weighted by molar-refractivity contribution is -0.117. The molecule has 1 aromatic carbocycles. The fourth-order valence-corrected chi connectivity index (χ4v) is 3.52. The molecule has 1 heterocycles. The van der Waals surface area contributed by atoms with Gasteiger partial charge < -0.3 is 4.90 Å². The predicted octanol–water partition coefficient (Wildman–Crippen LogP) is 2.76. The molecule has 1 saturated heterocycles. The first-order chi connectivity index (χ1) is 9.65. The van der Waals surface area contributed by atoms with Crippen molar-refractivity contribution >= 4 is 11.7 Å². The number of hydrogen-bond acceptors (Lipinski definition) is 2. The van der Waals surface area contributed by atoms with Gasteiger partial charge in [-0.05, 0) is 62.3 Å². The van der Waals surface area contributed by atoms with E-state index in [4.69, 9.17) is 0 Å². The standard InChI is InChI=1S/C17H21NO2/c1-12(19)10-16-6-3-9-18(16)17(20)15-8-7-13-4-2-5-14(13)11-15/h7-8,11,16H,2-6,9-10H2,1H3. The van der Waals surface area contributed by atoms with Crippen molar-refractivity contribution in [2.45, 2.75) is 51.5 Å². The first kappa shape index (κ1) is 13.3. The third-order valence-electron chi connectivity index (χ3n) is 4.51. The molecule has 1 aliphatic heterocycles. The fraction of sp³-hybridized carbons (Fsp3) is 0.529. The Balaban J connectivity index is 1.79. The third-order valence-corrected chi connectivity index (χ3v) is 4.51. The van der Waals surface area contributed by atoms with E-state index in [0.29, 0.717) is 6.42 Å². The minimum Gasteiger partial charge on any atom is -0.335 e. The van der Waals surface area contributed by atoms with E-state index < -0.39 is 0 Å². The van der Waals surface area contributed by atoms with Gasteiger partial charge in [0.25, 0.3) is 5.91 Å². The van der Waals surface area contributed by atoms with Crippen LogP contribution in [0.4, 0.5) is 0 Å². The van der Waals surface area contributed by atoms with Crippen LogP contribution in [0, 0.1) is 0 Å². The zero-order chi connectivity index (χ0) is 14.1. The fourth-order valence-electron chi connectivity index (χ4n) is 3.52. The zero-order valence-electron chi connectivity index (χ0n) is 12.0. The monoisotopic (exact) mass is 271 g/mol. The normalized spacial score (nSPS) is 21.1. The molecule has 0 radical (unpaired) electrons. The largest absolute Gasteiger partial charge is 0.335 e. The summed E-state index contributed by atoms with van der Waals surface area (Å²) in [5.41, 5.74) is 3.52. The molecule has 0 saturated carbocycles. The van der Waals surface area contributed by atoms with Crippen molar-refractivity contribution < 1.29 is 9.59 Å². The Bertz CT molecular complexity index is 550. The summed E-state index contributed by atoms with van der Waals surface area (Å²) in [6.45, 7) is 2.39. The van der Waals surface area contributed by atoms with Crippen LogP contribution in [0.5, 0.6) is 0 Å². The number of fused-ring (bicyclic) bond motifs is 1. The van der Waals surface area contributed by atoms with E-state index in [1.807, 2.05) is 11.0 Å². The summed E-state index contributed by atoms with van der Waals surface area (Å²) in [5.74, 6) is 0.270. The number of benzene rings is 1. The summed E-state index contributed by atoms with van der Waals surface area (Å²) >= 11 is 0. The first-order valence-corrected chi connectivity index (χ1v) is 7.57. The number of hydrogen-bond donors (Lipinski definition) is 0. The van der Waals surface area contributed by atoms with Gasteiger partial charge in [-0.25, -0.2) is 0 Å². The van der Waals surface area contributed by atoms with Gasteiger partial charge in [-0.2, -0.15) is 0 Å². The summed E-state index contributed by atoms with van der Waals surface area (Å²) in [5, 5.41) is 0. The van der Waals surface area contributed by atoms with Crippen LogP contribution in [-0.4, -0.2) is 29.2 Å². The molecule has 0 aromatic heterocycles. The molecule has 0 bridgehead atoms. The number of nitrogens with zero attached hydrogens (tertiary/aromatic N) is 1. The highest BCUT2D eigenvalue weighted by Gasteiger charge is 2.30. The third kappa shape index (κ3) is 2.49. The summed E-state index contributed by atoms with van der Waals surface area (Å²) in [4.78, 5) is 25.9. The van der Waals surface area contributed by atoms with Gasteiger partial charge >= 0.3 is 0 Å². The molecular formula is C17H21NO2. The highest BCUT2D eigenvalue weighted by atomic mass is 16.2. The van der Waals surface area contributed by atoms with E-state index in [2.05, 4.69) is 12.1 Å². The number of aryl methyl sites for hydroxylation is 2. The molecule has 2 aliphatic rings. The first-order valence-electron chi connectivity index (χ1n) is 7.57. The van der Waals surface area contributed by atoms with Crippen LogP contribution in [-0.2, 0) is 17.6 Å². The topological polar surface area (TPSA) is 37.4 Å². The Morgan fingerprint density at radius 2 is 2.00 bits per heavy atom. The van der Waals surface area contributed by atoms with Crippen molar-refractivity contribution in [3.63, 3.8) is 0 Å². The number of rotatable bonds is 3. The SMILES string of the molecule is CC(=O)CC1CCCN1C(=O)c1ccc2c(c1)CCC2. The molecule has 20 heavy (non-hydrogen) atoms. The maximum Gasteiger partial charge on any atom is 0.254 e. The van der Waals surface area contributed by atoms with Gasteiger partial charge in [0, 0.05) is 24.6 Å². The second-order valence-corrected chi connectivity index (χ2v) is 6.04. The molecular weight excluding hydrogens is 250 g/mol. The minimum absolute atomic E-state index is 0.100. The van der Waals surface area contributed by atoms with Crippen molar-refractivity contribution in [2.24, 2.45) is 0 Å². The van der Waals surface area contributed by atoms with Crippen LogP contribution in [0.1, 0.15) is 54.1 Å². The Labute approximate surface area is 120 Å². The molecule has 3 nitrogen and oxygen atoms in total. The molecule has 1 atom stereocenters. The average Bonchev–Trinajstić information content (AvgIpc) is 3.04. The van der Waals surface area contributed by atoms with Gasteiger partial charge in [0.2, 0.25) is 0 Å². The number of carbonyl (C=O) groups excluding carboxylic acids is 2. The second kappa shape index (κ2) is 5.39. The molecule has 0 spiro atoms. The van der Waals surface area contributed by atoms with Gasteiger partial charge in [0.05, 0.1) is 0 Å². The van der Waals surface area contributed by atoms with Gasteiger partial charge in [-0.15, -0.1) is 0 Å². The molecule has 1 fully saturated rings. The van der Waals surface area contributed by atoms with Gasteiger partial charge in [-0.3, -0.25) is 9.59 Å². The highest BCUT2D eigenvalue weighted by Crippen LogP contribution is 2.26. The lowest BCUT2D eigenvalue weighted by atomic mass is 10.0. The Morgan fingerprint density at radius 3 is 2.80 bits per heavy atom. The highest BCUT2D eigenvalue weighted by molar-refractivity contribution is 5.95. The van der Waals surface area contributed by atoms with Gasteiger partial charge in [0.1, 0.15) is 5.78 Å². The van der Waals surface area contributed by atoms with Crippen LogP contribution in [0.2, 0.25) is 0 Å². The Morgan fingerprint density at radius 1 is 1.20 bits per heavy atom. The van der Waals surface area contributed by atoms with Crippen LogP contribution in [0.15, 0.2) is 18.2 Å². The summed E-state index contributed by atoms with van der Waals surface area (Å²) in [6.07, 6.45) is 5.89. The predicted molar refractivity (Wildman–Crippen MR) is 77.8 cm³/mol. The maximum atomic E-state index is 12.7. The lowest BCUT2D eigenvalue weighted by Gasteiger charge is -2.24. The molecule has 3 heteroatoms. The average molecular weight is 271 g/mol. The van der Waals surface area contributed by atoms with E-state index >= 15 is 0 Å². The minimum atomic E-state index is 0.100. The molecule has 1 amide bonds. The number of likely N-dealkylation sites (tertiary alicyclic amines) is 1. The lowest BCUT2D eigenvalue weighted by Crippen LogP contribution is -2.36. The maximum absolute atomic E-state index is 12.7. The molecule has 3 rings (SSSR count). The van der Waals surface area contributed by atoms with Crippen LogP contribution >= 0.6 is 0 Å². The number of amides is 1. The number of carbonyl (C=O) groups is 2.